The highest BCUT2D eigenvalue weighted by molar-refractivity contribution is 6.00. The topological polar surface area (TPSA) is 75.8 Å². The van der Waals surface area contributed by atoms with Gasteiger partial charge in [0.25, 0.3) is 0 Å². The molecule has 0 aliphatic carbocycles. The number of hydrogen-bond donors (Lipinski definition) is 1. The summed E-state index contributed by atoms with van der Waals surface area (Å²) in [6.45, 7) is 2.81. The van der Waals surface area contributed by atoms with Crippen LogP contribution in [-0.2, 0) is 6.54 Å². The van der Waals surface area contributed by atoms with Crippen LogP contribution in [0.15, 0.2) is 41.7 Å². The maximum atomic E-state index is 5.40. The van der Waals surface area contributed by atoms with E-state index in [0.29, 0.717) is 6.04 Å². The van der Waals surface area contributed by atoms with Crippen LogP contribution in [0.5, 0.6) is 0 Å². The number of likely N-dealkylation sites (tertiary alicyclic amines) is 1. The Morgan fingerprint density at radius 1 is 1.29 bits per heavy atom. The largest absolute Gasteiger partial charge is 0.448 e. The van der Waals surface area contributed by atoms with E-state index < -0.39 is 0 Å². The lowest BCUT2D eigenvalue weighted by Gasteiger charge is -2.32. The molecule has 4 aromatic heterocycles. The van der Waals surface area contributed by atoms with E-state index in [1.807, 2.05) is 18.7 Å². The number of nitrogens with one attached hydrogen (secondary N) is 1. The van der Waals surface area contributed by atoms with Gasteiger partial charge in [-0.25, -0.2) is 15.0 Å². The van der Waals surface area contributed by atoms with Gasteiger partial charge < -0.3 is 14.0 Å². The fourth-order valence-corrected chi connectivity index (χ4v) is 3.73. The zero-order valence-electron chi connectivity index (χ0n) is 13.2. The minimum Gasteiger partial charge on any atom is -0.448 e. The smallest absolute Gasteiger partial charge is 0.208 e. The number of fused-ring (bicyclic) bond motifs is 3. The molecule has 0 spiro atoms. The minimum absolute atomic E-state index is 0.402. The Morgan fingerprint density at radius 2 is 2.29 bits per heavy atom. The van der Waals surface area contributed by atoms with E-state index in [1.54, 1.807) is 12.5 Å². The molecule has 1 aliphatic rings. The Bertz CT molecular complexity index is 970. The van der Waals surface area contributed by atoms with Gasteiger partial charge in [-0.3, -0.25) is 4.90 Å². The number of H-pyrrole nitrogens is 1. The molecule has 24 heavy (non-hydrogen) atoms. The van der Waals surface area contributed by atoms with Gasteiger partial charge >= 0.3 is 0 Å². The molecule has 5 rings (SSSR count). The molecule has 0 aromatic carbocycles. The molecule has 4 aromatic rings. The Balaban J connectivity index is 1.49. The van der Waals surface area contributed by atoms with Gasteiger partial charge in [-0.05, 0) is 25.5 Å². The van der Waals surface area contributed by atoms with Crippen molar-refractivity contribution in [3.63, 3.8) is 0 Å². The van der Waals surface area contributed by atoms with Gasteiger partial charge in [0.2, 0.25) is 5.89 Å². The van der Waals surface area contributed by atoms with E-state index in [0.717, 1.165) is 54.9 Å². The Morgan fingerprint density at radius 3 is 3.21 bits per heavy atom. The maximum absolute atomic E-state index is 5.40. The van der Waals surface area contributed by atoms with E-state index >= 15 is 0 Å². The van der Waals surface area contributed by atoms with Crippen molar-refractivity contribution >= 4 is 22.1 Å². The van der Waals surface area contributed by atoms with E-state index in [-0.39, 0.29) is 0 Å². The van der Waals surface area contributed by atoms with Gasteiger partial charge in [-0.15, -0.1) is 0 Å². The zero-order chi connectivity index (χ0) is 15.9. The van der Waals surface area contributed by atoms with Crippen LogP contribution in [0.4, 0.5) is 0 Å². The third-order valence-corrected chi connectivity index (χ3v) is 4.83. The number of rotatable bonds is 3. The van der Waals surface area contributed by atoms with Gasteiger partial charge in [-0.1, -0.05) is 0 Å². The van der Waals surface area contributed by atoms with Gasteiger partial charge in [0.05, 0.1) is 30.8 Å². The lowest BCUT2D eigenvalue weighted by atomic mass is 10.1. The number of aromatic nitrogens is 5. The molecule has 1 fully saturated rings. The molecule has 1 unspecified atom stereocenters. The fraction of sp³-hybridized carbons (Fsp3) is 0.353. The molecule has 0 saturated carbocycles. The van der Waals surface area contributed by atoms with Crippen molar-refractivity contribution < 1.29 is 4.42 Å². The van der Waals surface area contributed by atoms with Crippen molar-refractivity contribution in [2.45, 2.75) is 25.4 Å². The number of oxazole rings is 1. The first-order chi connectivity index (χ1) is 11.9. The average Bonchev–Trinajstić information content (AvgIpc) is 3.34. The summed E-state index contributed by atoms with van der Waals surface area (Å²) in [6, 6.07) is 2.48. The second-order valence-corrected chi connectivity index (χ2v) is 6.34. The molecule has 122 valence electrons. The summed E-state index contributed by atoms with van der Waals surface area (Å²) in [6.07, 6.45) is 11.4. The normalized spacial score (nSPS) is 19.4. The molecule has 7 heteroatoms. The summed E-state index contributed by atoms with van der Waals surface area (Å²) in [7, 11) is 0. The molecule has 1 aliphatic heterocycles. The van der Waals surface area contributed by atoms with Crippen LogP contribution in [0.25, 0.3) is 22.1 Å². The highest BCUT2D eigenvalue weighted by Crippen LogP contribution is 2.29. The van der Waals surface area contributed by atoms with Crippen molar-refractivity contribution in [2.24, 2.45) is 0 Å². The van der Waals surface area contributed by atoms with Crippen molar-refractivity contribution in [2.75, 3.05) is 13.1 Å². The highest BCUT2D eigenvalue weighted by Gasteiger charge is 2.24. The molecule has 0 radical (unpaired) electrons. The van der Waals surface area contributed by atoms with Crippen molar-refractivity contribution in [1.82, 2.24) is 29.4 Å². The van der Waals surface area contributed by atoms with Crippen molar-refractivity contribution in [3.05, 3.63) is 43.1 Å². The fourth-order valence-electron chi connectivity index (χ4n) is 3.73. The lowest BCUT2D eigenvalue weighted by Crippen LogP contribution is -2.36. The molecular weight excluding hydrogens is 304 g/mol. The number of nitrogens with zero attached hydrogens (tertiary/aromatic N) is 5. The molecule has 1 saturated heterocycles. The molecule has 0 bridgehead atoms. The monoisotopic (exact) mass is 322 g/mol. The SMILES string of the molecule is c1coc(CN2CCCC(n3cnc4cnc5[nH]ccc5c43)C2)n1. The zero-order valence-corrected chi connectivity index (χ0v) is 13.2. The number of pyridine rings is 1. The first kappa shape index (κ1) is 13.7. The van der Waals surface area contributed by atoms with Crippen molar-refractivity contribution in [1.29, 1.82) is 0 Å². The Kier molecular flexibility index (Phi) is 3.12. The van der Waals surface area contributed by atoms with Crippen LogP contribution in [0.1, 0.15) is 24.8 Å². The van der Waals surface area contributed by atoms with E-state index in [9.17, 15) is 0 Å². The first-order valence-corrected chi connectivity index (χ1v) is 8.28. The van der Waals surface area contributed by atoms with Crippen LogP contribution in [-0.4, -0.2) is 42.5 Å². The molecule has 1 atom stereocenters. The minimum atomic E-state index is 0.402. The number of piperidine rings is 1. The van der Waals surface area contributed by atoms with Crippen LogP contribution in [0, 0.1) is 0 Å². The van der Waals surface area contributed by atoms with Gasteiger partial charge in [0, 0.05) is 24.2 Å². The number of imidazole rings is 1. The summed E-state index contributed by atoms with van der Waals surface area (Å²) in [5, 5.41) is 1.13. The molecular formula is C17H18N6O. The number of aromatic amines is 1. The summed E-state index contributed by atoms with van der Waals surface area (Å²) in [5.74, 6) is 0.781. The third kappa shape index (κ3) is 2.20. The summed E-state index contributed by atoms with van der Waals surface area (Å²) in [4.78, 5) is 18.8. The second-order valence-electron chi connectivity index (χ2n) is 6.34. The van der Waals surface area contributed by atoms with Gasteiger partial charge in [-0.2, -0.15) is 0 Å². The van der Waals surface area contributed by atoms with Crippen LogP contribution in [0.3, 0.4) is 0 Å². The van der Waals surface area contributed by atoms with Crippen molar-refractivity contribution in [3.8, 4) is 0 Å². The highest BCUT2D eigenvalue weighted by atomic mass is 16.3. The second kappa shape index (κ2) is 5.45. The Labute approximate surface area is 138 Å². The molecule has 0 amide bonds. The van der Waals surface area contributed by atoms with Gasteiger partial charge in [0.1, 0.15) is 17.4 Å². The predicted molar refractivity (Wildman–Crippen MR) is 89.4 cm³/mol. The molecule has 7 nitrogen and oxygen atoms in total. The summed E-state index contributed by atoms with van der Waals surface area (Å²) in [5.41, 5.74) is 3.04. The lowest BCUT2D eigenvalue weighted by molar-refractivity contribution is 0.159. The maximum Gasteiger partial charge on any atom is 0.208 e. The summed E-state index contributed by atoms with van der Waals surface area (Å²) < 4.78 is 7.71. The standard InChI is InChI=1S/C17H18N6O/c1-2-12(9-22(6-1)10-15-18-5-7-24-15)23-11-21-14-8-20-17-13(16(14)23)3-4-19-17/h3-5,7-8,11-12H,1-2,6,9-10H2,(H,19,20). The molecule has 5 heterocycles. The Hall–Kier alpha value is -2.67. The predicted octanol–water partition coefficient (Wildman–Crippen LogP) is 2.74. The third-order valence-electron chi connectivity index (χ3n) is 4.83. The van der Waals surface area contributed by atoms with Gasteiger partial charge in [0.15, 0.2) is 0 Å². The van der Waals surface area contributed by atoms with E-state index in [4.69, 9.17) is 4.42 Å². The quantitative estimate of drug-likeness (QED) is 0.627. The molecule has 1 N–H and O–H groups in total. The first-order valence-electron chi connectivity index (χ1n) is 8.28. The average molecular weight is 322 g/mol. The van der Waals surface area contributed by atoms with Crippen LogP contribution >= 0.6 is 0 Å². The summed E-state index contributed by atoms with van der Waals surface area (Å²) >= 11 is 0. The van der Waals surface area contributed by atoms with Crippen LogP contribution in [0.2, 0.25) is 0 Å². The van der Waals surface area contributed by atoms with Crippen LogP contribution < -0.4 is 0 Å². The van der Waals surface area contributed by atoms with E-state index in [1.165, 1.54) is 5.52 Å². The number of hydrogen-bond acceptors (Lipinski definition) is 5. The van der Waals surface area contributed by atoms with E-state index in [2.05, 4.69) is 35.5 Å².